The van der Waals surface area contributed by atoms with Crippen LogP contribution in [0.2, 0.25) is 0 Å². The van der Waals surface area contributed by atoms with Gasteiger partial charge in [-0.3, -0.25) is 4.40 Å². The van der Waals surface area contributed by atoms with Crippen LogP contribution in [0.25, 0.3) is 16.8 Å². The van der Waals surface area contributed by atoms with E-state index in [1.54, 1.807) is 11.8 Å². The molecule has 0 amide bonds. The van der Waals surface area contributed by atoms with Gasteiger partial charge in [0.15, 0.2) is 5.16 Å². The van der Waals surface area contributed by atoms with Gasteiger partial charge in [0, 0.05) is 5.75 Å². The Kier molecular flexibility index (Phi) is 3.56. The molecule has 2 heterocycles. The summed E-state index contributed by atoms with van der Waals surface area (Å²) in [5.74, 6) is 1.85. The number of H-pyrrole nitrogens is 1. The van der Waals surface area contributed by atoms with Crippen molar-refractivity contribution in [3.8, 4) is 0 Å². The number of nitrogens with zero attached hydrogens (tertiary/aromatic N) is 3. The zero-order valence-electron chi connectivity index (χ0n) is 12.1. The third-order valence-electron chi connectivity index (χ3n) is 3.69. The van der Waals surface area contributed by atoms with E-state index >= 15 is 0 Å². The van der Waals surface area contributed by atoms with Gasteiger partial charge in [0.1, 0.15) is 0 Å². The van der Waals surface area contributed by atoms with E-state index in [0.29, 0.717) is 0 Å². The lowest BCUT2D eigenvalue weighted by atomic mass is 10.1. The molecule has 0 saturated carbocycles. The minimum atomic E-state index is 0.812. The number of rotatable bonds is 5. The van der Waals surface area contributed by atoms with Crippen LogP contribution in [0.1, 0.15) is 12.0 Å². The van der Waals surface area contributed by atoms with E-state index in [2.05, 4.69) is 56.0 Å². The Morgan fingerprint density at radius 1 is 1.00 bits per heavy atom. The number of imidazole rings is 1. The summed E-state index contributed by atoms with van der Waals surface area (Å²) < 4.78 is 2.10. The van der Waals surface area contributed by atoms with Gasteiger partial charge in [-0.15, -0.1) is 5.10 Å². The van der Waals surface area contributed by atoms with Crippen molar-refractivity contribution in [3.05, 3.63) is 60.2 Å². The SMILES string of the molecule is c1ccc(CCCSc2n[nH]c3nc4ccccc4n23)cc1. The number of benzene rings is 2. The molecule has 0 aliphatic rings. The largest absolute Gasteiger partial charge is 0.254 e. The van der Waals surface area contributed by atoms with E-state index in [-0.39, 0.29) is 0 Å². The molecule has 0 bridgehead atoms. The first-order chi connectivity index (χ1) is 10.9. The normalized spacial score (nSPS) is 11.5. The highest BCUT2D eigenvalue weighted by Gasteiger charge is 2.11. The van der Waals surface area contributed by atoms with Crippen LogP contribution in [0.5, 0.6) is 0 Å². The molecule has 5 heteroatoms. The summed E-state index contributed by atoms with van der Waals surface area (Å²) in [5.41, 5.74) is 3.50. The number of para-hydroxylation sites is 2. The summed E-state index contributed by atoms with van der Waals surface area (Å²) in [6, 6.07) is 18.8. The number of hydrogen-bond acceptors (Lipinski definition) is 3. The Morgan fingerprint density at radius 2 is 1.82 bits per heavy atom. The van der Waals surface area contributed by atoms with E-state index in [1.165, 1.54) is 5.56 Å². The summed E-state index contributed by atoms with van der Waals surface area (Å²) in [7, 11) is 0. The molecule has 1 N–H and O–H groups in total. The molecule has 4 nitrogen and oxygen atoms in total. The highest BCUT2D eigenvalue weighted by atomic mass is 32.2. The maximum Gasteiger partial charge on any atom is 0.231 e. The average Bonchev–Trinajstić information content (AvgIpc) is 3.12. The lowest BCUT2D eigenvalue weighted by molar-refractivity contribution is 0.910. The monoisotopic (exact) mass is 308 g/mol. The molecule has 0 aliphatic carbocycles. The van der Waals surface area contributed by atoms with E-state index < -0.39 is 0 Å². The molecule has 0 saturated heterocycles. The quantitative estimate of drug-likeness (QED) is 0.449. The summed E-state index contributed by atoms with van der Waals surface area (Å²) in [6.45, 7) is 0. The molecule has 0 aliphatic heterocycles. The predicted octanol–water partition coefficient (Wildman–Crippen LogP) is 3.94. The number of fused-ring (bicyclic) bond motifs is 3. The molecular formula is C17H16N4S. The summed E-state index contributed by atoms with van der Waals surface area (Å²) >= 11 is 1.78. The van der Waals surface area contributed by atoms with Gasteiger partial charge in [-0.25, -0.2) is 10.1 Å². The highest BCUT2D eigenvalue weighted by molar-refractivity contribution is 7.99. The minimum absolute atomic E-state index is 0.812. The smallest absolute Gasteiger partial charge is 0.231 e. The van der Waals surface area contributed by atoms with Gasteiger partial charge >= 0.3 is 0 Å². The van der Waals surface area contributed by atoms with Gasteiger partial charge in [0.2, 0.25) is 5.78 Å². The highest BCUT2D eigenvalue weighted by Crippen LogP contribution is 2.23. The Labute approximate surface area is 132 Å². The van der Waals surface area contributed by atoms with E-state index in [1.807, 2.05) is 18.2 Å². The fourth-order valence-corrected chi connectivity index (χ4v) is 3.52. The van der Waals surface area contributed by atoms with Crippen molar-refractivity contribution in [3.63, 3.8) is 0 Å². The van der Waals surface area contributed by atoms with Crippen molar-refractivity contribution in [2.45, 2.75) is 18.0 Å². The Morgan fingerprint density at radius 3 is 2.73 bits per heavy atom. The molecule has 22 heavy (non-hydrogen) atoms. The number of thioether (sulfide) groups is 1. The number of aryl methyl sites for hydroxylation is 1. The van der Waals surface area contributed by atoms with Gasteiger partial charge < -0.3 is 0 Å². The molecule has 0 fully saturated rings. The van der Waals surface area contributed by atoms with Crippen LogP contribution in [0.3, 0.4) is 0 Å². The second-order valence-corrected chi connectivity index (χ2v) is 6.27. The predicted molar refractivity (Wildman–Crippen MR) is 90.3 cm³/mol. The molecule has 2 aromatic carbocycles. The molecule has 4 aromatic rings. The molecule has 0 radical (unpaired) electrons. The number of aromatic amines is 1. The summed E-state index contributed by atoms with van der Waals surface area (Å²) in [4.78, 5) is 4.54. The van der Waals surface area contributed by atoms with Crippen molar-refractivity contribution in [2.75, 3.05) is 5.75 Å². The van der Waals surface area contributed by atoms with Crippen LogP contribution in [-0.4, -0.2) is 25.3 Å². The van der Waals surface area contributed by atoms with Gasteiger partial charge in [-0.2, -0.15) is 0 Å². The lowest BCUT2D eigenvalue weighted by Gasteiger charge is -2.01. The minimum Gasteiger partial charge on any atom is -0.254 e. The number of hydrogen-bond donors (Lipinski definition) is 1. The van der Waals surface area contributed by atoms with Crippen LogP contribution in [-0.2, 0) is 6.42 Å². The molecule has 0 atom stereocenters. The second-order valence-electron chi connectivity index (χ2n) is 5.20. The van der Waals surface area contributed by atoms with Crippen LogP contribution in [0.15, 0.2) is 59.8 Å². The summed E-state index contributed by atoms with van der Waals surface area (Å²) in [6.07, 6.45) is 2.24. The van der Waals surface area contributed by atoms with Gasteiger partial charge in [-0.1, -0.05) is 54.2 Å². The first-order valence-electron chi connectivity index (χ1n) is 7.40. The molecule has 0 spiro atoms. The fourth-order valence-electron chi connectivity index (χ4n) is 2.62. The van der Waals surface area contributed by atoms with Gasteiger partial charge in [-0.05, 0) is 30.5 Å². The van der Waals surface area contributed by atoms with Crippen LogP contribution < -0.4 is 0 Å². The maximum absolute atomic E-state index is 4.54. The van der Waals surface area contributed by atoms with E-state index in [4.69, 9.17) is 0 Å². The Hall–Kier alpha value is -2.27. The van der Waals surface area contributed by atoms with Crippen molar-refractivity contribution in [1.82, 2.24) is 19.6 Å². The molecule has 2 aromatic heterocycles. The average molecular weight is 308 g/mol. The maximum atomic E-state index is 4.54. The molecule has 4 rings (SSSR count). The van der Waals surface area contributed by atoms with Crippen LogP contribution in [0, 0.1) is 0 Å². The Bertz CT molecular complexity index is 895. The lowest BCUT2D eigenvalue weighted by Crippen LogP contribution is -1.90. The second kappa shape index (κ2) is 5.85. The topological polar surface area (TPSA) is 46.0 Å². The van der Waals surface area contributed by atoms with Gasteiger partial charge in [0.25, 0.3) is 0 Å². The number of aromatic nitrogens is 4. The molecule has 0 unspecified atom stereocenters. The molecular weight excluding hydrogens is 292 g/mol. The number of nitrogens with one attached hydrogen (secondary N) is 1. The van der Waals surface area contributed by atoms with Crippen molar-refractivity contribution in [1.29, 1.82) is 0 Å². The zero-order valence-corrected chi connectivity index (χ0v) is 12.9. The summed E-state index contributed by atoms with van der Waals surface area (Å²) in [5, 5.41) is 8.39. The van der Waals surface area contributed by atoms with Crippen LogP contribution >= 0.6 is 11.8 Å². The zero-order chi connectivity index (χ0) is 14.8. The van der Waals surface area contributed by atoms with Crippen molar-refractivity contribution < 1.29 is 0 Å². The molecule has 110 valence electrons. The first kappa shape index (κ1) is 13.4. The first-order valence-corrected chi connectivity index (χ1v) is 8.39. The third-order valence-corrected chi connectivity index (χ3v) is 4.71. The standard InChI is InChI=1S/C17H16N4S/c1-2-7-13(8-3-1)9-6-12-22-17-20-19-16-18-14-10-4-5-11-15(14)21(16)17/h1-5,7-8,10-11H,6,9,12H2,(H,18,19). The Balaban J connectivity index is 1.48. The van der Waals surface area contributed by atoms with E-state index in [0.717, 1.165) is 40.6 Å². The van der Waals surface area contributed by atoms with Gasteiger partial charge in [0.05, 0.1) is 11.0 Å². The van der Waals surface area contributed by atoms with Crippen molar-refractivity contribution >= 4 is 28.6 Å². The van der Waals surface area contributed by atoms with Crippen LogP contribution in [0.4, 0.5) is 0 Å². The fraction of sp³-hybridized carbons (Fsp3) is 0.176. The van der Waals surface area contributed by atoms with E-state index in [9.17, 15) is 0 Å². The van der Waals surface area contributed by atoms with Crippen molar-refractivity contribution in [2.24, 2.45) is 0 Å². The third kappa shape index (κ3) is 2.48.